The third-order valence-electron chi connectivity index (χ3n) is 7.38. The largest absolute Gasteiger partial charge is 0.381 e. The number of ether oxygens (including phenoxy) is 1. The molecule has 31 heavy (non-hydrogen) atoms. The van der Waals surface area contributed by atoms with Crippen molar-refractivity contribution in [1.82, 2.24) is 14.7 Å². The number of aromatic nitrogens is 2. The Balaban J connectivity index is 1.42. The number of aryl methyl sites for hydroxylation is 2. The molecular weight excluding hydrogens is 390 g/mol. The Morgan fingerprint density at radius 1 is 1.10 bits per heavy atom. The van der Waals surface area contributed by atoms with E-state index in [1.54, 1.807) is 10.7 Å². The summed E-state index contributed by atoms with van der Waals surface area (Å²) in [4.78, 5) is 28.8. The number of likely N-dealkylation sites (tertiary alicyclic amines) is 1. The molecule has 1 amide bonds. The normalized spacial score (nSPS) is 22.8. The van der Waals surface area contributed by atoms with Crippen molar-refractivity contribution in [2.45, 2.75) is 69.4 Å². The molecule has 0 radical (unpaired) electrons. The number of fused-ring (bicyclic) bond motifs is 1. The molecule has 0 spiro atoms. The maximum Gasteiger partial charge on any atom is 0.267 e. The Labute approximate surface area is 183 Å². The van der Waals surface area contributed by atoms with Gasteiger partial charge in [0, 0.05) is 25.8 Å². The van der Waals surface area contributed by atoms with E-state index in [0.717, 1.165) is 61.9 Å². The second kappa shape index (κ2) is 8.58. The van der Waals surface area contributed by atoms with Gasteiger partial charge in [-0.1, -0.05) is 30.3 Å². The quantitative estimate of drug-likeness (QED) is 0.762. The lowest BCUT2D eigenvalue weighted by Crippen LogP contribution is -2.52. The first-order valence-electron chi connectivity index (χ1n) is 11.7. The van der Waals surface area contributed by atoms with Gasteiger partial charge in [0.1, 0.15) is 0 Å². The number of nitrogens with zero attached hydrogens (tertiary/aromatic N) is 3. The van der Waals surface area contributed by atoms with Crippen molar-refractivity contribution in [3.8, 4) is 0 Å². The van der Waals surface area contributed by atoms with Crippen LogP contribution < -0.4 is 5.56 Å². The molecular formula is C25H31N3O3. The highest BCUT2D eigenvalue weighted by Crippen LogP contribution is 2.38. The molecule has 1 aromatic carbocycles. The predicted molar refractivity (Wildman–Crippen MR) is 118 cm³/mol. The fraction of sp³-hybridized carbons (Fsp3) is 0.560. The van der Waals surface area contributed by atoms with Gasteiger partial charge >= 0.3 is 0 Å². The fourth-order valence-electron chi connectivity index (χ4n) is 5.60. The highest BCUT2D eigenvalue weighted by atomic mass is 16.5. The van der Waals surface area contributed by atoms with Crippen LogP contribution in [0, 0.1) is 0 Å². The van der Waals surface area contributed by atoms with Crippen molar-refractivity contribution in [3.05, 3.63) is 63.6 Å². The summed E-state index contributed by atoms with van der Waals surface area (Å²) in [7, 11) is 0. The first kappa shape index (κ1) is 20.4. The van der Waals surface area contributed by atoms with Gasteiger partial charge < -0.3 is 9.64 Å². The maximum absolute atomic E-state index is 14.0. The first-order valence-corrected chi connectivity index (χ1v) is 11.7. The topological polar surface area (TPSA) is 64.4 Å². The number of hydrogen-bond acceptors (Lipinski definition) is 4. The van der Waals surface area contributed by atoms with Crippen LogP contribution in [0.15, 0.2) is 41.2 Å². The van der Waals surface area contributed by atoms with Gasteiger partial charge in [-0.25, -0.2) is 4.68 Å². The monoisotopic (exact) mass is 421 g/mol. The molecule has 0 N–H and O–H groups in total. The smallest absolute Gasteiger partial charge is 0.267 e. The molecule has 0 bridgehead atoms. The molecule has 1 atom stereocenters. The average Bonchev–Trinajstić information content (AvgIpc) is 3.28. The minimum atomic E-state index is -0.531. The summed E-state index contributed by atoms with van der Waals surface area (Å²) in [6.45, 7) is 2.44. The Morgan fingerprint density at radius 3 is 2.68 bits per heavy atom. The molecule has 2 aromatic rings. The van der Waals surface area contributed by atoms with Crippen LogP contribution in [-0.4, -0.2) is 46.4 Å². The lowest BCUT2D eigenvalue weighted by Gasteiger charge is -2.40. The van der Waals surface area contributed by atoms with Crippen LogP contribution in [0.5, 0.6) is 0 Å². The zero-order valence-electron chi connectivity index (χ0n) is 18.1. The van der Waals surface area contributed by atoms with E-state index in [-0.39, 0.29) is 17.5 Å². The van der Waals surface area contributed by atoms with Gasteiger partial charge in [0.05, 0.1) is 23.7 Å². The van der Waals surface area contributed by atoms with Crippen LogP contribution >= 0.6 is 0 Å². The SMILES string of the molecule is O=C(N1CCCC1Cn1nc2c(cc1=O)CCCC2)C1(c2ccccc2)CCOCC1. The summed E-state index contributed by atoms with van der Waals surface area (Å²) in [6, 6.07) is 12.0. The number of rotatable bonds is 4. The summed E-state index contributed by atoms with van der Waals surface area (Å²) in [5, 5.41) is 4.70. The van der Waals surface area contributed by atoms with Crippen LogP contribution in [0.25, 0.3) is 0 Å². The van der Waals surface area contributed by atoms with Crippen molar-refractivity contribution >= 4 is 5.91 Å². The molecule has 2 fully saturated rings. The molecule has 2 saturated heterocycles. The van der Waals surface area contributed by atoms with E-state index in [9.17, 15) is 9.59 Å². The third-order valence-corrected chi connectivity index (χ3v) is 7.38. The molecule has 1 aromatic heterocycles. The van der Waals surface area contributed by atoms with Gasteiger partial charge in [-0.05, 0) is 62.5 Å². The number of hydrogen-bond donors (Lipinski definition) is 0. The Hall–Kier alpha value is -2.47. The Bertz CT molecular complexity index is 995. The predicted octanol–water partition coefficient (Wildman–Crippen LogP) is 2.86. The summed E-state index contributed by atoms with van der Waals surface area (Å²) in [5.74, 6) is 0.190. The Kier molecular flexibility index (Phi) is 5.65. The highest BCUT2D eigenvalue weighted by molar-refractivity contribution is 5.89. The first-order chi connectivity index (χ1) is 15.2. The molecule has 2 aliphatic heterocycles. The van der Waals surface area contributed by atoms with E-state index >= 15 is 0 Å². The second-order valence-corrected chi connectivity index (χ2v) is 9.20. The number of carbonyl (C=O) groups is 1. The van der Waals surface area contributed by atoms with Crippen LogP contribution in [-0.2, 0) is 34.3 Å². The second-order valence-electron chi connectivity index (χ2n) is 9.20. The Morgan fingerprint density at radius 2 is 1.87 bits per heavy atom. The maximum atomic E-state index is 14.0. The van der Waals surface area contributed by atoms with Crippen molar-refractivity contribution in [2.75, 3.05) is 19.8 Å². The molecule has 3 aliphatic rings. The summed E-state index contributed by atoms with van der Waals surface area (Å²) in [6.07, 6.45) is 7.46. The van der Waals surface area contributed by atoms with Crippen LogP contribution in [0.4, 0.5) is 0 Å². The zero-order chi connectivity index (χ0) is 21.3. The lowest BCUT2D eigenvalue weighted by molar-refractivity contribution is -0.142. The van der Waals surface area contributed by atoms with E-state index in [4.69, 9.17) is 9.84 Å². The number of amides is 1. The zero-order valence-corrected chi connectivity index (χ0v) is 18.1. The molecule has 6 nitrogen and oxygen atoms in total. The van der Waals surface area contributed by atoms with Crippen LogP contribution in [0.2, 0.25) is 0 Å². The summed E-state index contributed by atoms with van der Waals surface area (Å²) in [5.41, 5.74) is 2.68. The van der Waals surface area contributed by atoms with E-state index in [1.165, 1.54) is 0 Å². The third kappa shape index (κ3) is 3.82. The van der Waals surface area contributed by atoms with E-state index in [0.29, 0.717) is 32.6 Å². The van der Waals surface area contributed by atoms with Gasteiger partial charge in [-0.2, -0.15) is 5.10 Å². The molecule has 0 saturated carbocycles. The van der Waals surface area contributed by atoms with Crippen molar-refractivity contribution in [1.29, 1.82) is 0 Å². The van der Waals surface area contributed by atoms with Crippen molar-refractivity contribution in [3.63, 3.8) is 0 Å². The minimum absolute atomic E-state index is 0.0165. The van der Waals surface area contributed by atoms with Crippen molar-refractivity contribution < 1.29 is 9.53 Å². The van der Waals surface area contributed by atoms with Gasteiger partial charge in [-0.3, -0.25) is 9.59 Å². The molecule has 1 unspecified atom stereocenters. The summed E-state index contributed by atoms with van der Waals surface area (Å²) >= 11 is 0. The van der Waals surface area contributed by atoms with E-state index < -0.39 is 5.41 Å². The van der Waals surface area contributed by atoms with Gasteiger partial charge in [0.25, 0.3) is 5.56 Å². The lowest BCUT2D eigenvalue weighted by atomic mass is 9.73. The molecule has 5 rings (SSSR count). The van der Waals surface area contributed by atoms with Gasteiger partial charge in [-0.15, -0.1) is 0 Å². The number of benzene rings is 1. The van der Waals surface area contributed by atoms with E-state index in [2.05, 4.69) is 12.1 Å². The number of carbonyl (C=O) groups excluding carboxylic acids is 1. The molecule has 164 valence electrons. The highest BCUT2D eigenvalue weighted by Gasteiger charge is 2.46. The minimum Gasteiger partial charge on any atom is -0.381 e. The van der Waals surface area contributed by atoms with Gasteiger partial charge in [0.15, 0.2) is 0 Å². The van der Waals surface area contributed by atoms with Crippen LogP contribution in [0.1, 0.15) is 55.3 Å². The molecule has 3 heterocycles. The average molecular weight is 422 g/mol. The van der Waals surface area contributed by atoms with Crippen LogP contribution in [0.3, 0.4) is 0 Å². The molecule has 6 heteroatoms. The summed E-state index contributed by atoms with van der Waals surface area (Å²) < 4.78 is 7.23. The van der Waals surface area contributed by atoms with Crippen molar-refractivity contribution in [2.24, 2.45) is 0 Å². The standard InChI is InChI=1S/C25H31N3O3/c29-23-17-19-7-4-5-11-22(19)26-28(23)18-21-10-6-14-27(21)24(30)25(12-15-31-16-13-25)20-8-2-1-3-9-20/h1-3,8-9,17,21H,4-7,10-16,18H2. The van der Waals surface area contributed by atoms with E-state index in [1.807, 2.05) is 23.1 Å². The molecule has 1 aliphatic carbocycles. The fourth-order valence-corrected chi connectivity index (χ4v) is 5.60. The van der Waals surface area contributed by atoms with Gasteiger partial charge in [0.2, 0.25) is 5.91 Å².